The maximum absolute atomic E-state index is 11.2. The third kappa shape index (κ3) is 1.73. The van der Waals surface area contributed by atoms with E-state index in [-0.39, 0.29) is 0 Å². The van der Waals surface area contributed by atoms with E-state index in [2.05, 4.69) is 9.60 Å². The molecule has 1 rings (SSSR count). The summed E-state index contributed by atoms with van der Waals surface area (Å²) >= 11 is 0. The van der Waals surface area contributed by atoms with Crippen LogP contribution in [0, 0.1) is 0 Å². The molecule has 1 heterocycles. The molecule has 82 valence electrons. The molecule has 0 aromatic heterocycles. The summed E-state index contributed by atoms with van der Waals surface area (Å²) in [6.07, 6.45) is 0. The molecule has 0 radical (unpaired) electrons. The van der Waals surface area contributed by atoms with E-state index in [1.165, 1.54) is 0 Å². The lowest BCUT2D eigenvalue weighted by molar-refractivity contribution is -0.218. The van der Waals surface area contributed by atoms with Gasteiger partial charge in [0.05, 0.1) is 5.54 Å². The van der Waals surface area contributed by atoms with Crippen LogP contribution in [-0.2, 0) is 19.5 Å². The van der Waals surface area contributed by atoms with Crippen LogP contribution in [0.5, 0.6) is 0 Å². The van der Waals surface area contributed by atoms with Gasteiger partial charge in [-0.25, -0.2) is 0 Å². The first-order valence-corrected chi connectivity index (χ1v) is 5.25. The number of rotatable bonds is 3. The second-order valence-electron chi connectivity index (χ2n) is 3.51. The molecule has 1 aliphatic rings. The first kappa shape index (κ1) is 11.4. The molecule has 0 saturated carbocycles. The SMILES string of the molecule is CNC1C(=O)N(OS(=O)(=O)O)C1(C)C. The van der Waals surface area contributed by atoms with Crippen molar-refractivity contribution in [2.24, 2.45) is 0 Å². The molecule has 1 fully saturated rings. The Hall–Kier alpha value is -0.700. The van der Waals surface area contributed by atoms with Crippen LogP contribution in [0.25, 0.3) is 0 Å². The smallest absolute Gasteiger partial charge is 0.307 e. The molecule has 1 unspecified atom stereocenters. The van der Waals surface area contributed by atoms with Crippen molar-refractivity contribution < 1.29 is 22.0 Å². The van der Waals surface area contributed by atoms with E-state index in [0.717, 1.165) is 0 Å². The Morgan fingerprint density at radius 2 is 2.07 bits per heavy atom. The van der Waals surface area contributed by atoms with Gasteiger partial charge in [-0.05, 0) is 20.9 Å². The summed E-state index contributed by atoms with van der Waals surface area (Å²) in [6.45, 7) is 3.22. The molecule has 0 aliphatic carbocycles. The van der Waals surface area contributed by atoms with Crippen LogP contribution in [0.3, 0.4) is 0 Å². The van der Waals surface area contributed by atoms with Crippen LogP contribution in [-0.4, -0.2) is 42.6 Å². The van der Waals surface area contributed by atoms with E-state index in [9.17, 15) is 13.2 Å². The summed E-state index contributed by atoms with van der Waals surface area (Å²) in [6, 6.07) is -0.510. The lowest BCUT2D eigenvalue weighted by atomic mass is 9.85. The van der Waals surface area contributed by atoms with Crippen molar-refractivity contribution in [1.29, 1.82) is 0 Å². The molecule has 1 atom stereocenters. The molecule has 1 saturated heterocycles. The number of carbonyl (C=O) groups is 1. The molecule has 8 heteroatoms. The molecule has 1 amide bonds. The van der Waals surface area contributed by atoms with Gasteiger partial charge in [0.2, 0.25) is 0 Å². The summed E-state index contributed by atoms with van der Waals surface area (Å²) in [5.74, 6) is -0.532. The van der Waals surface area contributed by atoms with Gasteiger partial charge in [-0.1, -0.05) is 0 Å². The van der Waals surface area contributed by atoms with Gasteiger partial charge in [0, 0.05) is 0 Å². The molecular formula is C6H12N2O5S. The fourth-order valence-corrected chi connectivity index (χ4v) is 1.91. The number of nitrogens with one attached hydrogen (secondary N) is 1. The Morgan fingerprint density at radius 1 is 1.57 bits per heavy atom. The minimum Gasteiger partial charge on any atom is -0.307 e. The van der Waals surface area contributed by atoms with Crippen molar-refractivity contribution in [3.63, 3.8) is 0 Å². The first-order chi connectivity index (χ1) is 6.20. The molecule has 0 spiro atoms. The highest BCUT2D eigenvalue weighted by molar-refractivity contribution is 7.80. The molecular weight excluding hydrogens is 212 g/mol. The lowest BCUT2D eigenvalue weighted by Crippen LogP contribution is -2.75. The summed E-state index contributed by atoms with van der Waals surface area (Å²) in [7, 11) is -3.06. The molecule has 0 bridgehead atoms. The number of hydrogen-bond donors (Lipinski definition) is 2. The van der Waals surface area contributed by atoms with Gasteiger partial charge >= 0.3 is 10.4 Å². The first-order valence-electron chi connectivity index (χ1n) is 3.88. The van der Waals surface area contributed by atoms with E-state index in [1.54, 1.807) is 20.9 Å². The zero-order valence-electron chi connectivity index (χ0n) is 8.01. The Balaban J connectivity index is 2.80. The fourth-order valence-electron chi connectivity index (χ4n) is 1.46. The predicted octanol–water partition coefficient (Wildman–Crippen LogP) is -1.07. The quantitative estimate of drug-likeness (QED) is 0.468. The topological polar surface area (TPSA) is 95.9 Å². The van der Waals surface area contributed by atoms with Gasteiger partial charge < -0.3 is 5.32 Å². The highest BCUT2D eigenvalue weighted by Crippen LogP contribution is 2.32. The Morgan fingerprint density at radius 3 is 2.36 bits per heavy atom. The third-order valence-electron chi connectivity index (χ3n) is 2.13. The second-order valence-corrected chi connectivity index (χ2v) is 4.51. The minimum absolute atomic E-state index is 0.510. The second kappa shape index (κ2) is 3.16. The molecule has 2 N–H and O–H groups in total. The summed E-state index contributed by atoms with van der Waals surface area (Å²) < 4.78 is 33.3. The van der Waals surface area contributed by atoms with Gasteiger partial charge in [0.1, 0.15) is 6.04 Å². The minimum atomic E-state index is -4.64. The predicted molar refractivity (Wildman–Crippen MR) is 46.4 cm³/mol. The van der Waals surface area contributed by atoms with Gasteiger partial charge in [-0.3, -0.25) is 9.35 Å². The number of β-lactam (4-membered cyclic amide) rings is 1. The molecule has 14 heavy (non-hydrogen) atoms. The Labute approximate surface area is 81.9 Å². The van der Waals surface area contributed by atoms with E-state index < -0.39 is 27.9 Å². The van der Waals surface area contributed by atoms with Crippen LogP contribution >= 0.6 is 0 Å². The standard InChI is InChI=1S/C6H12N2O5S/c1-6(2)4(7-3)5(9)8(6)13-14(10,11)12/h4,7H,1-3H3,(H,10,11,12). The summed E-state index contributed by atoms with van der Waals surface area (Å²) in [4.78, 5) is 11.2. The normalized spacial score (nSPS) is 26.1. The highest BCUT2D eigenvalue weighted by atomic mass is 32.3. The van der Waals surface area contributed by atoms with Crippen LogP contribution < -0.4 is 5.32 Å². The van der Waals surface area contributed by atoms with Crippen molar-refractivity contribution in [3.8, 4) is 0 Å². The van der Waals surface area contributed by atoms with E-state index in [4.69, 9.17) is 4.55 Å². The summed E-state index contributed by atoms with van der Waals surface area (Å²) in [5.41, 5.74) is -0.804. The molecule has 1 aliphatic heterocycles. The van der Waals surface area contributed by atoms with Crippen LogP contribution in [0.2, 0.25) is 0 Å². The Kier molecular flexibility index (Phi) is 2.57. The molecule has 0 aromatic carbocycles. The average Bonchev–Trinajstić information content (AvgIpc) is 1.99. The number of hydroxylamine groups is 2. The molecule has 7 nitrogen and oxygen atoms in total. The van der Waals surface area contributed by atoms with E-state index in [1.807, 2.05) is 0 Å². The van der Waals surface area contributed by atoms with Gasteiger partial charge in [-0.15, -0.1) is 4.28 Å². The average molecular weight is 224 g/mol. The van der Waals surface area contributed by atoms with Crippen molar-refractivity contribution in [1.82, 2.24) is 10.4 Å². The lowest BCUT2D eigenvalue weighted by Gasteiger charge is -2.50. The number of nitrogens with zero attached hydrogens (tertiary/aromatic N) is 1. The maximum atomic E-state index is 11.2. The van der Waals surface area contributed by atoms with E-state index in [0.29, 0.717) is 5.06 Å². The fraction of sp³-hybridized carbons (Fsp3) is 0.833. The van der Waals surface area contributed by atoms with Crippen molar-refractivity contribution in [2.45, 2.75) is 25.4 Å². The third-order valence-corrected chi connectivity index (χ3v) is 2.47. The van der Waals surface area contributed by atoms with Gasteiger partial charge in [0.15, 0.2) is 0 Å². The zero-order valence-corrected chi connectivity index (χ0v) is 8.83. The monoisotopic (exact) mass is 224 g/mol. The number of likely N-dealkylation sites (N-methyl/N-ethyl adjacent to an activating group) is 1. The largest absolute Gasteiger partial charge is 0.418 e. The maximum Gasteiger partial charge on any atom is 0.418 e. The van der Waals surface area contributed by atoms with E-state index >= 15 is 0 Å². The number of carbonyl (C=O) groups excluding carboxylic acids is 1. The van der Waals surface area contributed by atoms with Crippen molar-refractivity contribution in [2.75, 3.05) is 7.05 Å². The van der Waals surface area contributed by atoms with Crippen LogP contribution in [0.4, 0.5) is 0 Å². The zero-order chi connectivity index (χ0) is 11.1. The highest BCUT2D eigenvalue weighted by Gasteiger charge is 2.56. The number of amides is 1. The number of hydrogen-bond acceptors (Lipinski definition) is 5. The summed E-state index contributed by atoms with van der Waals surface area (Å²) in [5, 5.41) is 3.34. The van der Waals surface area contributed by atoms with Gasteiger partial charge in [0.25, 0.3) is 5.91 Å². The van der Waals surface area contributed by atoms with Crippen LogP contribution in [0.15, 0.2) is 0 Å². The molecule has 0 aromatic rings. The van der Waals surface area contributed by atoms with Gasteiger partial charge in [-0.2, -0.15) is 13.5 Å². The van der Waals surface area contributed by atoms with Crippen LogP contribution in [0.1, 0.15) is 13.8 Å². The van der Waals surface area contributed by atoms with Crippen molar-refractivity contribution in [3.05, 3.63) is 0 Å². The van der Waals surface area contributed by atoms with Crippen molar-refractivity contribution >= 4 is 16.3 Å². The Bertz CT molecular complexity index is 349.